The molecule has 15 heavy (non-hydrogen) atoms. The minimum absolute atomic E-state index is 0.116. The van der Waals surface area contributed by atoms with Crippen LogP contribution in [0.15, 0.2) is 11.6 Å². The summed E-state index contributed by atoms with van der Waals surface area (Å²) in [5.41, 5.74) is 0.200. The summed E-state index contributed by atoms with van der Waals surface area (Å²) in [6.45, 7) is 1.87. The van der Waals surface area contributed by atoms with Crippen LogP contribution in [0.4, 0.5) is 0 Å². The van der Waals surface area contributed by atoms with E-state index < -0.39 is 12.1 Å². The van der Waals surface area contributed by atoms with E-state index in [0.29, 0.717) is 0 Å². The molecular formula is C10H15NO4. The number of carbonyl (C=O) groups is 1. The second kappa shape index (κ2) is 7.97. The van der Waals surface area contributed by atoms with Crippen molar-refractivity contribution in [2.45, 2.75) is 25.9 Å². The molecule has 0 bridgehead atoms. The van der Waals surface area contributed by atoms with E-state index in [9.17, 15) is 9.90 Å². The van der Waals surface area contributed by atoms with Crippen molar-refractivity contribution < 1.29 is 19.7 Å². The van der Waals surface area contributed by atoms with Gasteiger partial charge in [-0.1, -0.05) is 6.08 Å². The smallest absolute Gasteiger partial charge is 0.330 e. The average molecular weight is 213 g/mol. The Morgan fingerprint density at radius 2 is 2.33 bits per heavy atom. The lowest BCUT2D eigenvalue weighted by molar-refractivity contribution is -0.132. The Morgan fingerprint density at radius 1 is 1.67 bits per heavy atom. The molecular weight excluding hydrogens is 198 g/mol. The Balaban J connectivity index is 3.66. The summed E-state index contributed by atoms with van der Waals surface area (Å²) in [6.07, 6.45) is 1.25. The molecule has 5 heteroatoms. The topological polar surface area (TPSA) is 90.5 Å². The maximum absolute atomic E-state index is 10.4. The molecule has 84 valence electrons. The highest BCUT2D eigenvalue weighted by molar-refractivity contribution is 5.85. The van der Waals surface area contributed by atoms with Gasteiger partial charge in [-0.05, 0) is 13.3 Å². The van der Waals surface area contributed by atoms with Gasteiger partial charge in [-0.25, -0.2) is 4.79 Å². The molecule has 0 aliphatic carbocycles. The zero-order chi connectivity index (χ0) is 11.7. The van der Waals surface area contributed by atoms with Crippen molar-refractivity contribution in [3.05, 3.63) is 11.6 Å². The minimum Gasteiger partial charge on any atom is -0.478 e. The van der Waals surface area contributed by atoms with E-state index in [4.69, 9.17) is 15.1 Å². The average Bonchev–Trinajstić information content (AvgIpc) is 2.20. The van der Waals surface area contributed by atoms with Crippen LogP contribution in [0, 0.1) is 11.3 Å². The SMILES string of the molecule is CC(=CCC(O)COCCC#N)C(=O)O. The Kier molecular flexibility index (Phi) is 7.24. The van der Waals surface area contributed by atoms with Crippen LogP contribution in [0.3, 0.4) is 0 Å². The maximum Gasteiger partial charge on any atom is 0.330 e. The summed E-state index contributed by atoms with van der Waals surface area (Å²) in [7, 11) is 0. The Labute approximate surface area is 88.6 Å². The molecule has 0 rings (SSSR count). The number of rotatable bonds is 7. The third kappa shape index (κ3) is 7.67. The Morgan fingerprint density at radius 3 is 2.87 bits per heavy atom. The van der Waals surface area contributed by atoms with E-state index >= 15 is 0 Å². The van der Waals surface area contributed by atoms with Gasteiger partial charge in [0.1, 0.15) is 0 Å². The molecule has 0 saturated heterocycles. The van der Waals surface area contributed by atoms with Gasteiger partial charge in [-0.15, -0.1) is 0 Å². The van der Waals surface area contributed by atoms with E-state index in [1.54, 1.807) is 0 Å². The quantitative estimate of drug-likeness (QED) is 0.480. The number of aliphatic hydroxyl groups excluding tert-OH is 1. The second-order valence-electron chi connectivity index (χ2n) is 3.06. The highest BCUT2D eigenvalue weighted by Gasteiger charge is 2.04. The Hall–Kier alpha value is -1.38. The lowest BCUT2D eigenvalue weighted by Gasteiger charge is -2.07. The van der Waals surface area contributed by atoms with Gasteiger partial charge >= 0.3 is 5.97 Å². The molecule has 0 aromatic carbocycles. The zero-order valence-corrected chi connectivity index (χ0v) is 8.64. The second-order valence-corrected chi connectivity index (χ2v) is 3.06. The van der Waals surface area contributed by atoms with Gasteiger partial charge in [0.2, 0.25) is 0 Å². The maximum atomic E-state index is 10.4. The summed E-state index contributed by atoms with van der Waals surface area (Å²) in [5.74, 6) is -0.993. The normalized spacial score (nSPS) is 13.3. The molecule has 0 aromatic heterocycles. The van der Waals surface area contributed by atoms with E-state index in [1.165, 1.54) is 13.0 Å². The number of hydrogen-bond acceptors (Lipinski definition) is 4. The lowest BCUT2D eigenvalue weighted by atomic mass is 10.2. The molecule has 0 saturated carbocycles. The van der Waals surface area contributed by atoms with Gasteiger partial charge in [0.05, 0.1) is 31.8 Å². The predicted molar refractivity (Wildman–Crippen MR) is 53.1 cm³/mol. The molecule has 0 heterocycles. The van der Waals surface area contributed by atoms with Gasteiger partial charge < -0.3 is 14.9 Å². The first-order chi connectivity index (χ1) is 7.07. The zero-order valence-electron chi connectivity index (χ0n) is 8.64. The van der Waals surface area contributed by atoms with Crippen LogP contribution >= 0.6 is 0 Å². The monoisotopic (exact) mass is 213 g/mol. The summed E-state index contributed by atoms with van der Waals surface area (Å²) in [6, 6.07) is 1.91. The summed E-state index contributed by atoms with van der Waals surface area (Å²) in [5, 5.41) is 26.1. The van der Waals surface area contributed by atoms with Crippen molar-refractivity contribution >= 4 is 5.97 Å². The van der Waals surface area contributed by atoms with Gasteiger partial charge in [0.15, 0.2) is 0 Å². The third-order valence-electron chi connectivity index (χ3n) is 1.70. The van der Waals surface area contributed by atoms with Crippen LogP contribution in [0.1, 0.15) is 19.8 Å². The number of hydrogen-bond donors (Lipinski definition) is 2. The molecule has 0 fully saturated rings. The van der Waals surface area contributed by atoms with Crippen LogP contribution in [0.2, 0.25) is 0 Å². The first kappa shape index (κ1) is 13.6. The molecule has 1 unspecified atom stereocenters. The number of ether oxygens (including phenoxy) is 1. The van der Waals surface area contributed by atoms with Crippen LogP contribution in [0.5, 0.6) is 0 Å². The lowest BCUT2D eigenvalue weighted by Crippen LogP contribution is -2.15. The highest BCUT2D eigenvalue weighted by atomic mass is 16.5. The number of nitriles is 1. The van der Waals surface area contributed by atoms with Crippen LogP contribution in [0.25, 0.3) is 0 Å². The van der Waals surface area contributed by atoms with Crippen molar-refractivity contribution in [1.82, 2.24) is 0 Å². The first-order valence-electron chi connectivity index (χ1n) is 4.60. The third-order valence-corrected chi connectivity index (χ3v) is 1.70. The largest absolute Gasteiger partial charge is 0.478 e. The van der Waals surface area contributed by atoms with E-state index in [0.717, 1.165) is 0 Å². The number of aliphatic hydroxyl groups is 1. The molecule has 0 radical (unpaired) electrons. The fraction of sp³-hybridized carbons (Fsp3) is 0.600. The van der Waals surface area contributed by atoms with Gasteiger partial charge in [-0.3, -0.25) is 0 Å². The van der Waals surface area contributed by atoms with Crippen LogP contribution in [-0.4, -0.2) is 35.5 Å². The molecule has 0 aliphatic heterocycles. The fourth-order valence-electron chi connectivity index (χ4n) is 0.805. The van der Waals surface area contributed by atoms with Gasteiger partial charge in [0, 0.05) is 5.57 Å². The molecule has 0 spiro atoms. The molecule has 0 amide bonds. The molecule has 2 N–H and O–H groups in total. The highest BCUT2D eigenvalue weighted by Crippen LogP contribution is 2.00. The first-order valence-corrected chi connectivity index (χ1v) is 4.60. The van der Waals surface area contributed by atoms with Crippen LogP contribution < -0.4 is 0 Å². The number of aliphatic carboxylic acids is 1. The van der Waals surface area contributed by atoms with E-state index in [2.05, 4.69) is 0 Å². The number of carboxylic acids is 1. The molecule has 5 nitrogen and oxygen atoms in total. The predicted octanol–water partition coefficient (Wildman–Crippen LogP) is 0.699. The molecule has 0 aliphatic rings. The van der Waals surface area contributed by atoms with Crippen molar-refractivity contribution in [2.75, 3.05) is 13.2 Å². The molecule has 1 atom stereocenters. The summed E-state index contributed by atoms with van der Waals surface area (Å²) < 4.78 is 4.98. The van der Waals surface area contributed by atoms with Crippen molar-refractivity contribution in [3.63, 3.8) is 0 Å². The summed E-state index contributed by atoms with van der Waals surface area (Å²) in [4.78, 5) is 10.4. The van der Waals surface area contributed by atoms with Crippen molar-refractivity contribution in [2.24, 2.45) is 0 Å². The van der Waals surface area contributed by atoms with Crippen molar-refractivity contribution in [1.29, 1.82) is 5.26 Å². The van der Waals surface area contributed by atoms with Gasteiger partial charge in [-0.2, -0.15) is 5.26 Å². The standard InChI is InChI=1S/C10H15NO4/c1-8(10(13)14)3-4-9(12)7-15-6-2-5-11/h3,9,12H,2,4,6-7H2,1H3,(H,13,14). The van der Waals surface area contributed by atoms with Crippen molar-refractivity contribution in [3.8, 4) is 6.07 Å². The molecule has 0 aromatic rings. The van der Waals surface area contributed by atoms with E-state index in [-0.39, 0.29) is 31.6 Å². The Bertz CT molecular complexity index is 267. The van der Waals surface area contributed by atoms with Crippen LogP contribution in [-0.2, 0) is 9.53 Å². The fourth-order valence-corrected chi connectivity index (χ4v) is 0.805. The van der Waals surface area contributed by atoms with Gasteiger partial charge in [0.25, 0.3) is 0 Å². The number of nitrogens with zero attached hydrogens (tertiary/aromatic N) is 1. The number of carboxylic acid groups (broad SMARTS) is 1. The minimum atomic E-state index is -0.993. The van der Waals surface area contributed by atoms with E-state index in [1.807, 2.05) is 6.07 Å². The summed E-state index contributed by atoms with van der Waals surface area (Å²) >= 11 is 0.